The molecule has 21 heavy (non-hydrogen) atoms. The Morgan fingerprint density at radius 1 is 1.38 bits per heavy atom. The molecule has 1 N–H and O–H groups in total. The molecule has 0 amide bonds. The Morgan fingerprint density at radius 2 is 2.05 bits per heavy atom. The second-order valence-electron chi connectivity index (χ2n) is 6.19. The Morgan fingerprint density at radius 3 is 2.62 bits per heavy atom. The minimum Gasteiger partial charge on any atom is -0.312 e. The Bertz CT molecular complexity index is 536. The van der Waals surface area contributed by atoms with Gasteiger partial charge in [0.25, 0.3) is 0 Å². The van der Waals surface area contributed by atoms with Gasteiger partial charge in [-0.3, -0.25) is 0 Å². The third-order valence-electron chi connectivity index (χ3n) is 3.21. The molecule has 0 aliphatic rings. The summed E-state index contributed by atoms with van der Waals surface area (Å²) in [5, 5.41) is 3.46. The van der Waals surface area contributed by atoms with Crippen LogP contribution in [0.5, 0.6) is 0 Å². The maximum Gasteiger partial charge on any atom is 0.148 e. The summed E-state index contributed by atoms with van der Waals surface area (Å²) in [7, 11) is -0.914. The second-order valence-corrected chi connectivity index (χ2v) is 9.79. The van der Waals surface area contributed by atoms with E-state index in [0.717, 1.165) is 19.6 Å². The fraction of sp³-hybridized carbons (Fsp3) is 0.733. The summed E-state index contributed by atoms with van der Waals surface area (Å²) in [5.41, 5.74) is 1.30. The summed E-state index contributed by atoms with van der Waals surface area (Å²) in [6, 6.07) is 2.24. The molecule has 1 aromatic heterocycles. The highest BCUT2D eigenvalue weighted by atomic mass is 32.2. The van der Waals surface area contributed by atoms with E-state index < -0.39 is 9.84 Å². The van der Waals surface area contributed by atoms with E-state index in [9.17, 15) is 8.42 Å². The van der Waals surface area contributed by atoms with Crippen LogP contribution in [0.2, 0.25) is 0 Å². The summed E-state index contributed by atoms with van der Waals surface area (Å²) < 4.78 is 22.4. The number of nitrogens with one attached hydrogen (secondary N) is 1. The van der Waals surface area contributed by atoms with Gasteiger partial charge in [-0.25, -0.2) is 8.42 Å². The number of aryl methyl sites for hydroxylation is 1. The molecule has 6 heteroatoms. The Balaban J connectivity index is 2.50. The first-order valence-electron chi connectivity index (χ1n) is 7.32. The summed E-state index contributed by atoms with van der Waals surface area (Å²) in [5.74, 6) is 0.878. The first-order valence-corrected chi connectivity index (χ1v) is 10.2. The van der Waals surface area contributed by atoms with Crippen molar-refractivity contribution in [2.75, 3.05) is 32.1 Å². The lowest BCUT2D eigenvalue weighted by Crippen LogP contribution is -2.25. The maximum atomic E-state index is 11.2. The van der Waals surface area contributed by atoms with Gasteiger partial charge in [0.05, 0.1) is 5.75 Å². The van der Waals surface area contributed by atoms with Gasteiger partial charge in [-0.2, -0.15) is 0 Å². The fourth-order valence-corrected chi connectivity index (χ4v) is 3.67. The van der Waals surface area contributed by atoms with E-state index in [1.165, 1.54) is 21.6 Å². The lowest BCUT2D eigenvalue weighted by molar-refractivity contribution is 0.346. The van der Waals surface area contributed by atoms with Gasteiger partial charge in [-0.15, -0.1) is 11.3 Å². The highest BCUT2D eigenvalue weighted by molar-refractivity contribution is 7.90. The van der Waals surface area contributed by atoms with Crippen LogP contribution in [-0.4, -0.2) is 45.5 Å². The van der Waals surface area contributed by atoms with Crippen molar-refractivity contribution >= 4 is 21.2 Å². The molecule has 0 bridgehead atoms. The molecule has 0 aliphatic heterocycles. The van der Waals surface area contributed by atoms with E-state index in [2.05, 4.69) is 37.1 Å². The van der Waals surface area contributed by atoms with Gasteiger partial charge in [0, 0.05) is 35.6 Å². The van der Waals surface area contributed by atoms with Crippen molar-refractivity contribution in [3.8, 4) is 0 Å². The molecule has 0 aromatic carbocycles. The minimum absolute atomic E-state index is 0.218. The molecule has 0 saturated carbocycles. The van der Waals surface area contributed by atoms with Crippen molar-refractivity contribution < 1.29 is 8.42 Å². The zero-order valence-corrected chi connectivity index (χ0v) is 15.4. The van der Waals surface area contributed by atoms with Crippen LogP contribution in [0.4, 0.5) is 0 Å². The van der Waals surface area contributed by atoms with Crippen molar-refractivity contribution in [2.45, 2.75) is 33.9 Å². The molecular weight excluding hydrogens is 304 g/mol. The SMILES string of the molecule is Cc1sc(CNCC(C)C)cc1CN(C)CCS(C)(=O)=O. The molecule has 1 heterocycles. The largest absolute Gasteiger partial charge is 0.312 e. The van der Waals surface area contributed by atoms with E-state index in [0.29, 0.717) is 12.5 Å². The Kier molecular flexibility index (Phi) is 7.33. The van der Waals surface area contributed by atoms with Crippen molar-refractivity contribution in [1.82, 2.24) is 10.2 Å². The van der Waals surface area contributed by atoms with E-state index >= 15 is 0 Å². The van der Waals surface area contributed by atoms with Gasteiger partial charge < -0.3 is 10.2 Å². The van der Waals surface area contributed by atoms with Crippen LogP contribution < -0.4 is 5.32 Å². The summed E-state index contributed by atoms with van der Waals surface area (Å²) in [6.45, 7) is 9.87. The lowest BCUT2D eigenvalue weighted by Gasteiger charge is -2.15. The van der Waals surface area contributed by atoms with E-state index in [-0.39, 0.29) is 5.75 Å². The predicted octanol–water partition coefficient (Wildman–Crippen LogP) is 2.28. The molecule has 122 valence electrons. The number of sulfone groups is 1. The quantitative estimate of drug-likeness (QED) is 0.754. The zero-order chi connectivity index (χ0) is 16.0. The summed E-state index contributed by atoms with van der Waals surface area (Å²) in [4.78, 5) is 4.74. The van der Waals surface area contributed by atoms with Crippen molar-refractivity contribution in [3.05, 3.63) is 21.4 Å². The molecule has 1 aromatic rings. The first kappa shape index (κ1) is 18.6. The van der Waals surface area contributed by atoms with Crippen molar-refractivity contribution in [1.29, 1.82) is 0 Å². The van der Waals surface area contributed by atoms with Gasteiger partial charge in [0.15, 0.2) is 0 Å². The van der Waals surface area contributed by atoms with E-state index in [1.54, 1.807) is 0 Å². The van der Waals surface area contributed by atoms with Crippen LogP contribution in [0.15, 0.2) is 6.07 Å². The van der Waals surface area contributed by atoms with Crippen LogP contribution in [0, 0.1) is 12.8 Å². The van der Waals surface area contributed by atoms with Gasteiger partial charge in [0.1, 0.15) is 9.84 Å². The average molecular weight is 333 g/mol. The van der Waals surface area contributed by atoms with E-state index in [4.69, 9.17) is 0 Å². The van der Waals surface area contributed by atoms with Crippen LogP contribution >= 0.6 is 11.3 Å². The van der Waals surface area contributed by atoms with Gasteiger partial charge in [0.2, 0.25) is 0 Å². The molecular formula is C15H28N2O2S2. The molecule has 0 radical (unpaired) electrons. The third kappa shape index (κ3) is 7.95. The highest BCUT2D eigenvalue weighted by Gasteiger charge is 2.10. The van der Waals surface area contributed by atoms with Crippen LogP contribution in [-0.2, 0) is 22.9 Å². The smallest absolute Gasteiger partial charge is 0.148 e. The molecule has 0 aliphatic carbocycles. The average Bonchev–Trinajstić information content (AvgIpc) is 2.66. The van der Waals surface area contributed by atoms with Crippen molar-refractivity contribution in [3.63, 3.8) is 0 Å². The minimum atomic E-state index is -2.89. The van der Waals surface area contributed by atoms with Crippen LogP contribution in [0.25, 0.3) is 0 Å². The number of hydrogen-bond acceptors (Lipinski definition) is 5. The third-order valence-corrected chi connectivity index (χ3v) is 5.22. The standard InChI is InChI=1S/C15H28N2O2S2/c1-12(2)9-16-10-15-8-14(13(3)20-15)11-17(4)6-7-21(5,18)19/h8,12,16H,6-7,9-11H2,1-5H3. The predicted molar refractivity (Wildman–Crippen MR) is 91.6 cm³/mol. The number of rotatable bonds is 9. The number of hydrogen-bond donors (Lipinski definition) is 1. The lowest BCUT2D eigenvalue weighted by atomic mass is 10.2. The van der Waals surface area contributed by atoms with Gasteiger partial charge >= 0.3 is 0 Å². The normalized spacial score (nSPS) is 12.5. The van der Waals surface area contributed by atoms with Crippen molar-refractivity contribution in [2.24, 2.45) is 5.92 Å². The second kappa shape index (κ2) is 8.27. The van der Waals surface area contributed by atoms with E-state index in [1.807, 2.05) is 18.4 Å². The summed E-state index contributed by atoms with van der Waals surface area (Å²) >= 11 is 1.82. The molecule has 0 saturated heterocycles. The monoisotopic (exact) mass is 332 g/mol. The van der Waals surface area contributed by atoms with Crippen LogP contribution in [0.1, 0.15) is 29.2 Å². The topological polar surface area (TPSA) is 49.4 Å². The Hall–Kier alpha value is -0.430. The molecule has 0 unspecified atom stereocenters. The fourth-order valence-electron chi connectivity index (χ4n) is 2.01. The maximum absolute atomic E-state index is 11.2. The highest BCUT2D eigenvalue weighted by Crippen LogP contribution is 2.22. The first-order chi connectivity index (χ1) is 9.67. The molecule has 0 spiro atoms. The molecule has 1 rings (SSSR count). The zero-order valence-electron chi connectivity index (χ0n) is 13.8. The molecule has 0 fully saturated rings. The number of nitrogens with zero attached hydrogens (tertiary/aromatic N) is 1. The van der Waals surface area contributed by atoms with Crippen LogP contribution in [0.3, 0.4) is 0 Å². The molecule has 4 nitrogen and oxygen atoms in total. The Labute approximate surface area is 133 Å². The van der Waals surface area contributed by atoms with Gasteiger partial charge in [-0.1, -0.05) is 13.8 Å². The van der Waals surface area contributed by atoms with Gasteiger partial charge in [-0.05, 0) is 38.1 Å². The number of thiophene rings is 1. The summed E-state index contributed by atoms with van der Waals surface area (Å²) in [6.07, 6.45) is 1.29. The molecule has 0 atom stereocenters.